The number of nitrogens with one attached hydrogen (secondary N) is 1. The molecule has 1 aromatic carbocycles. The van der Waals surface area contributed by atoms with Crippen molar-refractivity contribution < 1.29 is 13.5 Å². The lowest BCUT2D eigenvalue weighted by molar-refractivity contribution is 0.477. The summed E-state index contributed by atoms with van der Waals surface area (Å²) in [7, 11) is -3.50. The summed E-state index contributed by atoms with van der Waals surface area (Å²) < 4.78 is 25.1. The molecule has 5 heteroatoms. The van der Waals surface area contributed by atoms with Crippen LogP contribution in [0.5, 0.6) is 5.75 Å². The Bertz CT molecular complexity index is 486. The molecule has 0 unspecified atom stereocenters. The second kappa shape index (κ2) is 3.97. The van der Waals surface area contributed by atoms with Gasteiger partial charge in [-0.15, -0.1) is 0 Å². The number of hydrogen-bond acceptors (Lipinski definition) is 3. The Morgan fingerprint density at radius 1 is 1.25 bits per heavy atom. The third-order valence-corrected chi connectivity index (χ3v) is 4.30. The summed E-state index contributed by atoms with van der Waals surface area (Å²) in [5.74, 6) is -0.0622. The van der Waals surface area contributed by atoms with Crippen molar-refractivity contribution in [2.24, 2.45) is 0 Å². The maximum absolute atomic E-state index is 11.8. The van der Waals surface area contributed by atoms with Crippen LogP contribution in [0.1, 0.15) is 26.3 Å². The van der Waals surface area contributed by atoms with Crippen LogP contribution in [0.3, 0.4) is 0 Å². The summed E-state index contributed by atoms with van der Waals surface area (Å²) in [6.07, 6.45) is 0. The molecule has 0 amide bonds. The summed E-state index contributed by atoms with van der Waals surface area (Å²) in [6.45, 7) is 6.61. The molecule has 0 fully saturated rings. The van der Waals surface area contributed by atoms with Crippen molar-refractivity contribution >= 4 is 15.7 Å². The van der Waals surface area contributed by atoms with Crippen LogP contribution < -0.4 is 4.72 Å². The summed E-state index contributed by atoms with van der Waals surface area (Å²) in [5.41, 5.74) is 1.08. The molecular weight excluding hydrogens is 226 g/mol. The van der Waals surface area contributed by atoms with Gasteiger partial charge in [0.25, 0.3) is 0 Å². The van der Waals surface area contributed by atoms with Crippen molar-refractivity contribution in [2.75, 3.05) is 4.72 Å². The Kier molecular flexibility index (Phi) is 3.19. The molecule has 0 heterocycles. The second-order valence-corrected chi connectivity index (χ2v) is 7.17. The van der Waals surface area contributed by atoms with Crippen LogP contribution in [0.15, 0.2) is 18.2 Å². The molecule has 0 aliphatic rings. The van der Waals surface area contributed by atoms with Gasteiger partial charge in [0.05, 0.1) is 10.4 Å². The summed E-state index contributed by atoms with van der Waals surface area (Å²) in [4.78, 5) is 0. The Morgan fingerprint density at radius 2 is 1.81 bits per heavy atom. The third kappa shape index (κ3) is 2.66. The van der Waals surface area contributed by atoms with Crippen molar-refractivity contribution in [1.82, 2.24) is 0 Å². The molecular formula is C11H17NO3S. The van der Waals surface area contributed by atoms with Crippen LogP contribution in [-0.2, 0) is 10.0 Å². The van der Waals surface area contributed by atoms with Gasteiger partial charge in [-0.3, -0.25) is 4.72 Å². The smallest absolute Gasteiger partial charge is 0.237 e. The minimum atomic E-state index is -3.50. The van der Waals surface area contributed by atoms with Crippen LogP contribution in [0.25, 0.3) is 0 Å². The molecule has 1 rings (SSSR count). The zero-order valence-electron chi connectivity index (χ0n) is 9.90. The summed E-state index contributed by atoms with van der Waals surface area (Å²) >= 11 is 0. The van der Waals surface area contributed by atoms with Gasteiger partial charge in [0.1, 0.15) is 5.75 Å². The summed E-state index contributed by atoms with van der Waals surface area (Å²) in [6, 6.07) is 4.80. The predicted octanol–water partition coefficient (Wildman–Crippen LogP) is 2.24. The number of sulfonamides is 1. The fourth-order valence-electron chi connectivity index (χ4n) is 1.03. The van der Waals surface area contributed by atoms with E-state index in [-0.39, 0.29) is 11.4 Å². The molecule has 0 spiro atoms. The fraction of sp³-hybridized carbons (Fsp3) is 0.455. The molecule has 90 valence electrons. The van der Waals surface area contributed by atoms with Crippen molar-refractivity contribution in [1.29, 1.82) is 0 Å². The van der Waals surface area contributed by atoms with E-state index in [1.54, 1.807) is 32.9 Å². The number of rotatable bonds is 2. The zero-order chi connectivity index (χ0) is 12.6. The number of anilines is 1. The first-order valence-electron chi connectivity index (χ1n) is 4.95. The quantitative estimate of drug-likeness (QED) is 0.783. The molecule has 1 aromatic rings. The first kappa shape index (κ1) is 12.8. The highest BCUT2D eigenvalue weighted by molar-refractivity contribution is 7.94. The van der Waals surface area contributed by atoms with E-state index in [2.05, 4.69) is 4.72 Å². The van der Waals surface area contributed by atoms with Gasteiger partial charge in [-0.1, -0.05) is 6.07 Å². The Labute approximate surface area is 96.4 Å². The average Bonchev–Trinajstić information content (AvgIpc) is 2.08. The highest BCUT2D eigenvalue weighted by Gasteiger charge is 2.29. The number of phenolic OH excluding ortho intramolecular Hbond substituents is 1. The van der Waals surface area contributed by atoms with Crippen molar-refractivity contribution in [3.8, 4) is 5.75 Å². The first-order valence-corrected chi connectivity index (χ1v) is 6.44. The molecule has 0 bridgehead atoms. The van der Waals surface area contributed by atoms with E-state index in [9.17, 15) is 13.5 Å². The van der Waals surface area contributed by atoms with Crippen molar-refractivity contribution in [2.45, 2.75) is 32.4 Å². The lowest BCUT2D eigenvalue weighted by Crippen LogP contribution is -2.33. The van der Waals surface area contributed by atoms with Crippen LogP contribution in [0, 0.1) is 6.92 Å². The lowest BCUT2D eigenvalue weighted by atomic mass is 10.2. The van der Waals surface area contributed by atoms with Gasteiger partial charge in [0.2, 0.25) is 10.0 Å². The van der Waals surface area contributed by atoms with Gasteiger partial charge in [-0.25, -0.2) is 8.42 Å². The number of phenols is 1. The number of aryl methyl sites for hydroxylation is 1. The van der Waals surface area contributed by atoms with E-state index >= 15 is 0 Å². The highest BCUT2D eigenvalue weighted by Crippen LogP contribution is 2.27. The minimum absolute atomic E-state index is 0.0622. The normalized spacial score (nSPS) is 12.5. The molecule has 4 nitrogen and oxygen atoms in total. The minimum Gasteiger partial charge on any atom is -0.506 e. The van der Waals surface area contributed by atoms with Gasteiger partial charge in [-0.05, 0) is 45.4 Å². The molecule has 0 saturated heterocycles. The van der Waals surface area contributed by atoms with E-state index < -0.39 is 14.8 Å². The standard InChI is InChI=1S/C11H17NO3S/c1-8-5-6-9(10(13)7-8)12-16(14,15)11(2,3)4/h5-7,12-13H,1-4H3. The Balaban J connectivity index is 3.07. The third-order valence-electron chi connectivity index (χ3n) is 2.20. The Hall–Kier alpha value is -1.23. The molecule has 0 aliphatic heterocycles. The van der Waals surface area contributed by atoms with Gasteiger partial charge >= 0.3 is 0 Å². The van der Waals surface area contributed by atoms with Gasteiger partial charge in [-0.2, -0.15) is 0 Å². The predicted molar refractivity (Wildman–Crippen MR) is 65.1 cm³/mol. The topological polar surface area (TPSA) is 66.4 Å². The van der Waals surface area contributed by atoms with E-state index in [1.807, 2.05) is 6.92 Å². The van der Waals surface area contributed by atoms with Crippen LogP contribution in [0.4, 0.5) is 5.69 Å². The van der Waals surface area contributed by atoms with E-state index in [0.717, 1.165) is 5.56 Å². The summed E-state index contributed by atoms with van der Waals surface area (Å²) in [5, 5.41) is 9.59. The monoisotopic (exact) mass is 243 g/mol. The highest BCUT2D eigenvalue weighted by atomic mass is 32.2. The van der Waals surface area contributed by atoms with Crippen molar-refractivity contribution in [3.05, 3.63) is 23.8 Å². The maximum atomic E-state index is 11.8. The van der Waals surface area contributed by atoms with Crippen molar-refractivity contribution in [3.63, 3.8) is 0 Å². The van der Waals surface area contributed by atoms with Gasteiger partial charge in [0, 0.05) is 0 Å². The molecule has 0 aliphatic carbocycles. The molecule has 2 N–H and O–H groups in total. The lowest BCUT2D eigenvalue weighted by Gasteiger charge is -2.20. The number of hydrogen-bond donors (Lipinski definition) is 2. The maximum Gasteiger partial charge on any atom is 0.237 e. The van der Waals surface area contributed by atoms with Crippen LogP contribution in [0.2, 0.25) is 0 Å². The zero-order valence-corrected chi connectivity index (χ0v) is 10.7. The molecule has 16 heavy (non-hydrogen) atoms. The van der Waals surface area contributed by atoms with E-state index in [1.165, 1.54) is 6.07 Å². The Morgan fingerprint density at radius 3 is 2.25 bits per heavy atom. The second-order valence-electron chi connectivity index (χ2n) is 4.74. The number of benzene rings is 1. The van der Waals surface area contributed by atoms with E-state index in [0.29, 0.717) is 0 Å². The van der Waals surface area contributed by atoms with Gasteiger partial charge in [0.15, 0.2) is 0 Å². The fourth-order valence-corrected chi connectivity index (χ4v) is 1.79. The molecule has 0 radical (unpaired) electrons. The molecule has 0 aromatic heterocycles. The molecule has 0 saturated carbocycles. The first-order chi connectivity index (χ1) is 7.13. The van der Waals surface area contributed by atoms with E-state index in [4.69, 9.17) is 0 Å². The molecule has 0 atom stereocenters. The van der Waals surface area contributed by atoms with Gasteiger partial charge < -0.3 is 5.11 Å². The van der Waals surface area contributed by atoms with Crippen LogP contribution in [-0.4, -0.2) is 18.3 Å². The SMILES string of the molecule is Cc1ccc(NS(=O)(=O)C(C)(C)C)c(O)c1. The largest absolute Gasteiger partial charge is 0.506 e. The average molecular weight is 243 g/mol. The number of aromatic hydroxyl groups is 1. The van der Waals surface area contributed by atoms with Crippen LogP contribution >= 0.6 is 0 Å².